The van der Waals surface area contributed by atoms with Gasteiger partial charge in [-0.1, -0.05) is 0 Å². The van der Waals surface area contributed by atoms with Crippen molar-refractivity contribution in [2.24, 2.45) is 5.84 Å². The Morgan fingerprint density at radius 2 is 2.40 bits per heavy atom. The Hall–Kier alpha value is -1.40. The lowest BCUT2D eigenvalue weighted by atomic mass is 10.4. The van der Waals surface area contributed by atoms with Gasteiger partial charge in [0.15, 0.2) is 0 Å². The zero-order valence-corrected chi connectivity index (χ0v) is 8.93. The average Bonchev–Trinajstić information content (AvgIpc) is 2.26. The van der Waals surface area contributed by atoms with Gasteiger partial charge in [-0.3, -0.25) is 5.43 Å². The van der Waals surface area contributed by atoms with Crippen molar-refractivity contribution in [3.05, 3.63) is 12.3 Å². The van der Waals surface area contributed by atoms with Gasteiger partial charge >= 0.3 is 0 Å². The van der Waals surface area contributed by atoms with Crippen LogP contribution in [-0.2, 0) is 4.74 Å². The fourth-order valence-corrected chi connectivity index (χ4v) is 1.00. The molecule has 1 atom stereocenters. The molecule has 15 heavy (non-hydrogen) atoms. The second-order valence-corrected chi connectivity index (χ2v) is 2.95. The Morgan fingerprint density at radius 3 is 3.07 bits per heavy atom. The number of nitrogens with zero attached hydrogens (tertiary/aromatic N) is 2. The Morgan fingerprint density at radius 1 is 1.60 bits per heavy atom. The molecule has 1 unspecified atom stereocenters. The van der Waals surface area contributed by atoms with Crippen LogP contribution in [0.3, 0.4) is 0 Å². The van der Waals surface area contributed by atoms with Crippen LogP contribution in [0.2, 0.25) is 0 Å². The highest BCUT2D eigenvalue weighted by atomic mass is 16.5. The van der Waals surface area contributed by atoms with E-state index in [2.05, 4.69) is 15.4 Å². The molecule has 6 heteroatoms. The van der Waals surface area contributed by atoms with Crippen LogP contribution in [-0.4, -0.2) is 29.3 Å². The first-order valence-corrected chi connectivity index (χ1v) is 4.80. The molecule has 1 aromatic rings. The third kappa shape index (κ3) is 4.09. The van der Waals surface area contributed by atoms with Crippen LogP contribution in [0, 0.1) is 0 Å². The van der Waals surface area contributed by atoms with Crippen molar-refractivity contribution in [1.82, 2.24) is 9.97 Å². The van der Waals surface area contributed by atoms with Gasteiger partial charge in [-0.2, -0.15) is 4.98 Å². The summed E-state index contributed by atoms with van der Waals surface area (Å²) in [7, 11) is 0. The molecule has 1 heterocycles. The van der Waals surface area contributed by atoms with E-state index in [1.165, 1.54) is 0 Å². The molecule has 0 saturated heterocycles. The minimum atomic E-state index is -0.0505. The highest BCUT2D eigenvalue weighted by Crippen LogP contribution is 2.09. The van der Waals surface area contributed by atoms with Gasteiger partial charge in [0.2, 0.25) is 11.8 Å². The highest BCUT2D eigenvalue weighted by molar-refractivity contribution is 5.25. The van der Waals surface area contributed by atoms with E-state index in [0.717, 1.165) is 0 Å². The van der Waals surface area contributed by atoms with Gasteiger partial charge in [0.25, 0.3) is 0 Å². The van der Waals surface area contributed by atoms with Crippen molar-refractivity contribution in [2.45, 2.75) is 20.0 Å². The van der Waals surface area contributed by atoms with Crippen LogP contribution < -0.4 is 16.0 Å². The van der Waals surface area contributed by atoms with Crippen molar-refractivity contribution in [1.29, 1.82) is 0 Å². The summed E-state index contributed by atoms with van der Waals surface area (Å²) in [5.41, 5.74) is 2.35. The lowest BCUT2D eigenvalue weighted by Crippen LogP contribution is -2.20. The van der Waals surface area contributed by atoms with Crippen LogP contribution >= 0.6 is 0 Å². The number of hydrogen-bond acceptors (Lipinski definition) is 6. The van der Waals surface area contributed by atoms with E-state index in [0.29, 0.717) is 25.0 Å². The first kappa shape index (κ1) is 11.7. The van der Waals surface area contributed by atoms with Gasteiger partial charge in [0, 0.05) is 18.9 Å². The smallest absolute Gasteiger partial charge is 0.240 e. The Bertz CT molecular complexity index is 295. The molecule has 6 nitrogen and oxygen atoms in total. The van der Waals surface area contributed by atoms with Gasteiger partial charge in [-0.05, 0) is 13.8 Å². The second-order valence-electron chi connectivity index (χ2n) is 2.95. The summed E-state index contributed by atoms with van der Waals surface area (Å²) in [5, 5.41) is 0. The second kappa shape index (κ2) is 6.15. The van der Waals surface area contributed by atoms with Crippen LogP contribution in [0.5, 0.6) is 5.88 Å². The van der Waals surface area contributed by atoms with E-state index in [-0.39, 0.29) is 6.10 Å². The van der Waals surface area contributed by atoms with E-state index in [9.17, 15) is 0 Å². The van der Waals surface area contributed by atoms with Gasteiger partial charge in [0.05, 0.1) is 6.61 Å². The molecule has 0 aliphatic rings. The summed E-state index contributed by atoms with van der Waals surface area (Å²) in [6.07, 6.45) is 1.52. The Kier molecular flexibility index (Phi) is 4.79. The topological polar surface area (TPSA) is 82.3 Å². The van der Waals surface area contributed by atoms with Crippen molar-refractivity contribution >= 4 is 5.95 Å². The molecule has 0 spiro atoms. The van der Waals surface area contributed by atoms with Crippen LogP contribution in [0.15, 0.2) is 12.3 Å². The van der Waals surface area contributed by atoms with Crippen molar-refractivity contribution in [3.63, 3.8) is 0 Å². The number of hydrazine groups is 1. The van der Waals surface area contributed by atoms with Crippen molar-refractivity contribution in [2.75, 3.05) is 18.6 Å². The number of nitrogen functional groups attached to an aromatic ring is 1. The molecule has 0 amide bonds. The van der Waals surface area contributed by atoms with Crippen LogP contribution in [0.4, 0.5) is 5.95 Å². The lowest BCUT2D eigenvalue weighted by molar-refractivity contribution is 0.0633. The zero-order chi connectivity index (χ0) is 11.1. The number of aromatic nitrogens is 2. The third-order valence-electron chi connectivity index (χ3n) is 1.64. The molecule has 0 fully saturated rings. The molecule has 0 aromatic carbocycles. The first-order valence-electron chi connectivity index (χ1n) is 4.80. The molecule has 1 rings (SSSR count). The molecule has 0 aliphatic heterocycles. The first-order chi connectivity index (χ1) is 7.26. The third-order valence-corrected chi connectivity index (χ3v) is 1.64. The molecular weight excluding hydrogens is 196 g/mol. The molecule has 84 valence electrons. The number of nitrogens with two attached hydrogens (primary N) is 1. The van der Waals surface area contributed by atoms with Gasteiger partial charge in [-0.25, -0.2) is 10.8 Å². The maximum atomic E-state index is 5.49. The summed E-state index contributed by atoms with van der Waals surface area (Å²) >= 11 is 0. The standard InChI is InChI=1S/C9H16N4O2/c1-3-14-6-7(2)15-8-4-5-11-9(12-8)13-10/h4-5,7H,3,6,10H2,1-2H3,(H,11,12,13). The van der Waals surface area contributed by atoms with E-state index in [1.54, 1.807) is 12.3 Å². The maximum Gasteiger partial charge on any atom is 0.240 e. The fraction of sp³-hybridized carbons (Fsp3) is 0.556. The van der Waals surface area contributed by atoms with E-state index < -0.39 is 0 Å². The predicted molar refractivity (Wildman–Crippen MR) is 56.4 cm³/mol. The van der Waals surface area contributed by atoms with E-state index >= 15 is 0 Å². The molecule has 1 aromatic heterocycles. The highest BCUT2D eigenvalue weighted by Gasteiger charge is 2.05. The monoisotopic (exact) mass is 212 g/mol. The molecule has 0 aliphatic carbocycles. The van der Waals surface area contributed by atoms with Crippen LogP contribution in [0.1, 0.15) is 13.8 Å². The van der Waals surface area contributed by atoms with Crippen molar-refractivity contribution < 1.29 is 9.47 Å². The normalized spacial score (nSPS) is 12.2. The Balaban J connectivity index is 2.48. The molecule has 0 bridgehead atoms. The molecule has 3 N–H and O–H groups in total. The minimum Gasteiger partial charge on any atom is -0.472 e. The summed E-state index contributed by atoms with van der Waals surface area (Å²) in [5.74, 6) is 5.98. The summed E-state index contributed by atoms with van der Waals surface area (Å²) < 4.78 is 10.7. The molecular formula is C9H16N4O2. The molecule has 0 radical (unpaired) electrons. The zero-order valence-electron chi connectivity index (χ0n) is 8.93. The maximum absolute atomic E-state index is 5.49. The van der Waals surface area contributed by atoms with E-state index in [1.807, 2.05) is 13.8 Å². The summed E-state index contributed by atoms with van der Waals surface area (Å²) in [4.78, 5) is 7.88. The molecule has 0 saturated carbocycles. The lowest BCUT2D eigenvalue weighted by Gasteiger charge is -2.13. The van der Waals surface area contributed by atoms with Crippen molar-refractivity contribution in [3.8, 4) is 5.88 Å². The van der Waals surface area contributed by atoms with Gasteiger partial charge < -0.3 is 9.47 Å². The fourth-order valence-electron chi connectivity index (χ4n) is 1.00. The number of ether oxygens (including phenoxy) is 2. The van der Waals surface area contributed by atoms with Crippen LogP contribution in [0.25, 0.3) is 0 Å². The largest absolute Gasteiger partial charge is 0.472 e. The Labute approximate surface area is 88.8 Å². The van der Waals surface area contributed by atoms with Gasteiger partial charge in [-0.15, -0.1) is 0 Å². The van der Waals surface area contributed by atoms with Gasteiger partial charge in [0.1, 0.15) is 6.10 Å². The SMILES string of the molecule is CCOCC(C)Oc1ccnc(NN)n1. The van der Waals surface area contributed by atoms with E-state index in [4.69, 9.17) is 15.3 Å². The number of rotatable bonds is 6. The minimum absolute atomic E-state index is 0.0505. The number of anilines is 1. The average molecular weight is 212 g/mol. The number of nitrogens with one attached hydrogen (secondary N) is 1. The number of hydrogen-bond donors (Lipinski definition) is 2. The summed E-state index contributed by atoms with van der Waals surface area (Å²) in [6.45, 7) is 5.06. The predicted octanol–water partition coefficient (Wildman–Crippen LogP) is 0.566. The summed E-state index contributed by atoms with van der Waals surface area (Å²) in [6, 6.07) is 1.67. The quantitative estimate of drug-likeness (QED) is 0.530.